The van der Waals surface area contributed by atoms with E-state index in [1.807, 2.05) is 0 Å². The molecule has 0 saturated carbocycles. The lowest BCUT2D eigenvalue weighted by Gasteiger charge is -1.99. The highest BCUT2D eigenvalue weighted by molar-refractivity contribution is 5.20. The van der Waals surface area contributed by atoms with Gasteiger partial charge in [-0.05, 0) is 12.8 Å². The lowest BCUT2D eigenvalue weighted by Crippen LogP contribution is -1.92. The highest BCUT2D eigenvalue weighted by Crippen LogP contribution is 2.28. The van der Waals surface area contributed by atoms with E-state index in [4.69, 9.17) is 0 Å². The van der Waals surface area contributed by atoms with Crippen LogP contribution >= 0.6 is 0 Å². The van der Waals surface area contributed by atoms with E-state index in [9.17, 15) is 0 Å². The van der Waals surface area contributed by atoms with Crippen LogP contribution in [0.4, 0.5) is 0 Å². The van der Waals surface area contributed by atoms with Crippen molar-refractivity contribution in [1.82, 2.24) is 9.97 Å². The minimum absolute atomic E-state index is 0.628. The fraction of sp³-hybridized carbons (Fsp3) is 0.500. The summed E-state index contributed by atoms with van der Waals surface area (Å²) < 4.78 is 0. The van der Waals surface area contributed by atoms with E-state index in [0.717, 1.165) is 6.42 Å². The average Bonchev–Trinajstić information content (AvgIpc) is 2.34. The van der Waals surface area contributed by atoms with Crippen molar-refractivity contribution in [2.75, 3.05) is 0 Å². The minimum Gasteiger partial charge on any atom is -0.258 e. The van der Waals surface area contributed by atoms with Crippen LogP contribution in [0.3, 0.4) is 0 Å². The van der Waals surface area contributed by atoms with Crippen molar-refractivity contribution in [2.24, 2.45) is 0 Å². The van der Waals surface area contributed by atoms with Gasteiger partial charge in [0.25, 0.3) is 0 Å². The van der Waals surface area contributed by atoms with E-state index in [1.54, 1.807) is 12.4 Å². The van der Waals surface area contributed by atoms with E-state index < -0.39 is 0 Å². The van der Waals surface area contributed by atoms with Gasteiger partial charge in [0.2, 0.25) is 0 Å². The van der Waals surface area contributed by atoms with Crippen molar-refractivity contribution in [1.29, 1.82) is 0 Å². The molecule has 0 aromatic carbocycles. The molecular formula is C8H10N2. The largest absolute Gasteiger partial charge is 0.258 e. The predicted octanol–water partition coefficient (Wildman–Crippen LogP) is 1.53. The molecule has 2 heteroatoms. The lowest BCUT2D eigenvalue weighted by atomic mass is 10.1. The third-order valence-electron chi connectivity index (χ3n) is 2.09. The Labute approximate surface area is 60.3 Å². The molecule has 1 aliphatic rings. The summed E-state index contributed by atoms with van der Waals surface area (Å²) in [7, 11) is 0. The summed E-state index contributed by atoms with van der Waals surface area (Å²) in [6.07, 6.45) is 5.89. The normalized spacial score (nSPS) is 22.7. The predicted molar refractivity (Wildman–Crippen MR) is 38.8 cm³/mol. The van der Waals surface area contributed by atoms with Crippen molar-refractivity contribution >= 4 is 0 Å². The zero-order valence-corrected chi connectivity index (χ0v) is 6.04. The average molecular weight is 134 g/mol. The smallest absolute Gasteiger partial charge is 0.0646 e. The van der Waals surface area contributed by atoms with Gasteiger partial charge in [-0.15, -0.1) is 0 Å². The van der Waals surface area contributed by atoms with E-state index in [0.29, 0.717) is 5.92 Å². The summed E-state index contributed by atoms with van der Waals surface area (Å²) in [5, 5.41) is 0. The van der Waals surface area contributed by atoms with Crippen LogP contribution in [-0.4, -0.2) is 9.97 Å². The van der Waals surface area contributed by atoms with Crippen LogP contribution in [0.2, 0.25) is 0 Å². The molecule has 52 valence electrons. The van der Waals surface area contributed by atoms with E-state index in [-0.39, 0.29) is 0 Å². The summed E-state index contributed by atoms with van der Waals surface area (Å²) in [5.74, 6) is 0.628. The van der Waals surface area contributed by atoms with Gasteiger partial charge in [0, 0.05) is 18.3 Å². The molecule has 0 radical (unpaired) electrons. The van der Waals surface area contributed by atoms with Crippen LogP contribution in [0, 0.1) is 0 Å². The molecule has 1 aromatic rings. The molecule has 1 heterocycles. The van der Waals surface area contributed by atoms with Crippen LogP contribution in [0.5, 0.6) is 0 Å². The van der Waals surface area contributed by atoms with Gasteiger partial charge in [0.15, 0.2) is 0 Å². The van der Waals surface area contributed by atoms with Crippen LogP contribution in [0.15, 0.2) is 12.4 Å². The van der Waals surface area contributed by atoms with E-state index in [2.05, 4.69) is 16.9 Å². The Morgan fingerprint density at radius 3 is 3.00 bits per heavy atom. The van der Waals surface area contributed by atoms with Gasteiger partial charge in [0.1, 0.15) is 0 Å². The van der Waals surface area contributed by atoms with Crippen LogP contribution < -0.4 is 0 Å². The second-order valence-corrected chi connectivity index (χ2v) is 2.83. The van der Waals surface area contributed by atoms with Crippen molar-refractivity contribution in [2.45, 2.75) is 25.7 Å². The van der Waals surface area contributed by atoms with Gasteiger partial charge in [-0.25, -0.2) is 0 Å². The van der Waals surface area contributed by atoms with Crippen molar-refractivity contribution in [3.05, 3.63) is 23.8 Å². The summed E-state index contributed by atoms with van der Waals surface area (Å²) in [6, 6.07) is 0. The summed E-state index contributed by atoms with van der Waals surface area (Å²) in [4.78, 5) is 8.52. The standard InChI is InChI=1S/C8H10N2/c1-6-2-3-7-8(6)10-5-4-9-7/h4-6H,2-3H2,1H3. The van der Waals surface area contributed by atoms with E-state index in [1.165, 1.54) is 17.8 Å². The highest BCUT2D eigenvalue weighted by Gasteiger charge is 2.19. The number of rotatable bonds is 0. The second-order valence-electron chi connectivity index (χ2n) is 2.83. The quantitative estimate of drug-likeness (QED) is 0.537. The maximum Gasteiger partial charge on any atom is 0.0646 e. The maximum absolute atomic E-state index is 4.28. The van der Waals surface area contributed by atoms with Gasteiger partial charge >= 0.3 is 0 Å². The molecule has 1 unspecified atom stereocenters. The van der Waals surface area contributed by atoms with Gasteiger partial charge in [-0.2, -0.15) is 0 Å². The van der Waals surface area contributed by atoms with Crippen LogP contribution in [-0.2, 0) is 6.42 Å². The van der Waals surface area contributed by atoms with Crippen LogP contribution in [0.25, 0.3) is 0 Å². The molecule has 0 bridgehead atoms. The monoisotopic (exact) mass is 134 g/mol. The number of aryl methyl sites for hydroxylation is 1. The Bertz CT molecular complexity index is 245. The molecule has 1 aromatic heterocycles. The summed E-state index contributed by atoms with van der Waals surface area (Å²) in [5.41, 5.74) is 2.41. The molecule has 2 rings (SSSR count). The molecule has 2 nitrogen and oxygen atoms in total. The SMILES string of the molecule is CC1CCc2nccnc21. The highest BCUT2D eigenvalue weighted by atomic mass is 14.8. The van der Waals surface area contributed by atoms with Crippen LogP contribution in [0.1, 0.15) is 30.7 Å². The topological polar surface area (TPSA) is 25.8 Å². The maximum atomic E-state index is 4.28. The molecule has 1 aliphatic carbocycles. The third kappa shape index (κ3) is 0.719. The molecule has 0 aliphatic heterocycles. The second kappa shape index (κ2) is 2.04. The molecule has 0 amide bonds. The first-order valence-corrected chi connectivity index (χ1v) is 3.67. The Balaban J connectivity index is 2.51. The Hall–Kier alpha value is -0.920. The first-order valence-electron chi connectivity index (χ1n) is 3.67. The molecule has 0 spiro atoms. The molecule has 10 heavy (non-hydrogen) atoms. The lowest BCUT2D eigenvalue weighted by molar-refractivity contribution is 0.731. The zero-order valence-electron chi connectivity index (χ0n) is 6.04. The Morgan fingerprint density at radius 1 is 1.40 bits per heavy atom. The van der Waals surface area contributed by atoms with Gasteiger partial charge < -0.3 is 0 Å². The Morgan fingerprint density at radius 2 is 2.20 bits per heavy atom. The minimum atomic E-state index is 0.628. The van der Waals surface area contributed by atoms with Crippen molar-refractivity contribution in [3.8, 4) is 0 Å². The fourth-order valence-electron chi connectivity index (χ4n) is 1.47. The Kier molecular flexibility index (Phi) is 1.19. The fourth-order valence-corrected chi connectivity index (χ4v) is 1.47. The summed E-state index contributed by atoms with van der Waals surface area (Å²) in [6.45, 7) is 2.21. The molecule has 1 atom stereocenters. The number of nitrogens with zero attached hydrogens (tertiary/aromatic N) is 2. The van der Waals surface area contributed by atoms with E-state index >= 15 is 0 Å². The molecular weight excluding hydrogens is 124 g/mol. The first-order chi connectivity index (χ1) is 4.88. The molecule has 0 saturated heterocycles. The van der Waals surface area contributed by atoms with Gasteiger partial charge in [0.05, 0.1) is 11.4 Å². The first kappa shape index (κ1) is 5.83. The van der Waals surface area contributed by atoms with Crippen molar-refractivity contribution < 1.29 is 0 Å². The third-order valence-corrected chi connectivity index (χ3v) is 2.09. The van der Waals surface area contributed by atoms with Crippen molar-refractivity contribution in [3.63, 3.8) is 0 Å². The molecule has 0 N–H and O–H groups in total. The van der Waals surface area contributed by atoms with Gasteiger partial charge in [-0.1, -0.05) is 6.92 Å². The number of hydrogen-bond donors (Lipinski definition) is 0. The van der Waals surface area contributed by atoms with Gasteiger partial charge in [-0.3, -0.25) is 9.97 Å². The number of fused-ring (bicyclic) bond motifs is 1. The zero-order chi connectivity index (χ0) is 6.97. The number of aromatic nitrogens is 2. The number of hydrogen-bond acceptors (Lipinski definition) is 2. The summed E-state index contributed by atoms with van der Waals surface area (Å²) >= 11 is 0. The molecule has 0 fully saturated rings.